The van der Waals surface area contributed by atoms with Crippen LogP contribution in [0.15, 0.2) is 54.7 Å². The standard InChI is InChI=1S/C28H30N4O/c1-29-24-11-8-22-19-32(17-14-21(22)18-24)16-13-20-6-9-23(10-7-20)31-28(33)26-12-15-30-27-5-3-2-4-25(26)27/h2-5,8,11-12,15,18,20,23H,6-7,9-10,13-14,16-17,19H2,(H,31,33). The molecule has 33 heavy (non-hydrogen) atoms. The molecule has 1 saturated carbocycles. The second-order valence-electron chi connectivity index (χ2n) is 9.45. The maximum atomic E-state index is 12.9. The number of rotatable bonds is 5. The van der Waals surface area contributed by atoms with E-state index >= 15 is 0 Å². The number of pyridine rings is 1. The molecule has 168 valence electrons. The maximum Gasteiger partial charge on any atom is 0.252 e. The molecule has 5 rings (SSSR count). The zero-order valence-corrected chi connectivity index (χ0v) is 19.0. The molecule has 1 aliphatic heterocycles. The van der Waals surface area contributed by atoms with Crippen LogP contribution in [0.2, 0.25) is 0 Å². The van der Waals surface area contributed by atoms with Gasteiger partial charge in [0.2, 0.25) is 0 Å². The molecule has 5 nitrogen and oxygen atoms in total. The molecule has 1 fully saturated rings. The molecule has 0 radical (unpaired) electrons. The quantitative estimate of drug-likeness (QED) is 0.534. The summed E-state index contributed by atoms with van der Waals surface area (Å²) in [5.74, 6) is 0.760. The molecule has 1 N–H and O–H groups in total. The average molecular weight is 439 g/mol. The Bertz CT molecular complexity index is 1180. The van der Waals surface area contributed by atoms with Crippen molar-refractivity contribution in [2.45, 2.75) is 51.1 Å². The summed E-state index contributed by atoms with van der Waals surface area (Å²) in [4.78, 5) is 23.4. The molecule has 0 atom stereocenters. The van der Waals surface area contributed by atoms with Gasteiger partial charge in [-0.3, -0.25) is 14.7 Å². The molecule has 1 aliphatic carbocycles. The number of hydrogen-bond acceptors (Lipinski definition) is 3. The molecule has 5 heteroatoms. The first kappa shape index (κ1) is 21.6. The summed E-state index contributed by atoms with van der Waals surface area (Å²) in [6, 6.07) is 16.0. The molecule has 0 bridgehead atoms. The third-order valence-corrected chi connectivity index (χ3v) is 7.34. The van der Waals surface area contributed by atoms with Crippen molar-refractivity contribution in [1.82, 2.24) is 15.2 Å². The van der Waals surface area contributed by atoms with E-state index in [1.807, 2.05) is 36.4 Å². The zero-order valence-electron chi connectivity index (χ0n) is 19.0. The normalized spacial score (nSPS) is 20.7. The summed E-state index contributed by atoms with van der Waals surface area (Å²) in [6.45, 7) is 10.4. The molecule has 0 spiro atoms. The van der Waals surface area contributed by atoms with Gasteiger partial charge in [-0.2, -0.15) is 0 Å². The predicted octanol–water partition coefficient (Wildman–Crippen LogP) is 5.52. The summed E-state index contributed by atoms with van der Waals surface area (Å²) in [5, 5.41) is 4.19. The van der Waals surface area contributed by atoms with E-state index in [4.69, 9.17) is 6.57 Å². The zero-order chi connectivity index (χ0) is 22.6. The lowest BCUT2D eigenvalue weighted by atomic mass is 9.83. The fraction of sp³-hybridized carbons (Fsp3) is 0.393. The van der Waals surface area contributed by atoms with Crippen LogP contribution in [0.4, 0.5) is 5.69 Å². The molecule has 2 aliphatic rings. The van der Waals surface area contributed by atoms with Gasteiger partial charge in [0.25, 0.3) is 5.91 Å². The van der Waals surface area contributed by atoms with Gasteiger partial charge < -0.3 is 5.32 Å². The average Bonchev–Trinajstić information content (AvgIpc) is 2.87. The number of para-hydroxylation sites is 1. The molecule has 2 heterocycles. The number of aromatic nitrogens is 1. The van der Waals surface area contributed by atoms with E-state index in [1.165, 1.54) is 30.4 Å². The smallest absolute Gasteiger partial charge is 0.252 e. The van der Waals surface area contributed by atoms with Gasteiger partial charge >= 0.3 is 0 Å². The molecular formula is C28H30N4O. The van der Waals surface area contributed by atoms with E-state index < -0.39 is 0 Å². The van der Waals surface area contributed by atoms with Crippen molar-refractivity contribution in [2.75, 3.05) is 13.1 Å². The highest BCUT2D eigenvalue weighted by molar-refractivity contribution is 6.06. The van der Waals surface area contributed by atoms with Gasteiger partial charge in [0, 0.05) is 30.7 Å². The van der Waals surface area contributed by atoms with Gasteiger partial charge in [-0.25, -0.2) is 4.85 Å². The highest BCUT2D eigenvalue weighted by Crippen LogP contribution is 2.29. The van der Waals surface area contributed by atoms with Crippen LogP contribution in [-0.2, 0) is 13.0 Å². The minimum Gasteiger partial charge on any atom is -0.349 e. The second-order valence-corrected chi connectivity index (χ2v) is 9.45. The topological polar surface area (TPSA) is 49.6 Å². The third-order valence-electron chi connectivity index (χ3n) is 7.34. The van der Waals surface area contributed by atoms with Crippen LogP contribution in [0.5, 0.6) is 0 Å². The molecule has 3 aromatic rings. The van der Waals surface area contributed by atoms with Gasteiger partial charge in [-0.15, -0.1) is 0 Å². The summed E-state index contributed by atoms with van der Waals surface area (Å²) < 4.78 is 0. The highest BCUT2D eigenvalue weighted by Gasteiger charge is 2.24. The molecule has 0 saturated heterocycles. The second kappa shape index (κ2) is 9.72. The SMILES string of the molecule is [C-]#[N+]c1ccc2c(c1)CCN(CCC1CCC(NC(=O)c3ccnc4ccccc34)CC1)C2. The van der Waals surface area contributed by atoms with Crippen LogP contribution in [0.3, 0.4) is 0 Å². The van der Waals surface area contributed by atoms with E-state index in [1.54, 1.807) is 6.20 Å². The van der Waals surface area contributed by atoms with Crippen LogP contribution in [0, 0.1) is 12.5 Å². The number of nitrogens with zero attached hydrogens (tertiary/aromatic N) is 3. The van der Waals surface area contributed by atoms with Crippen molar-refractivity contribution >= 4 is 22.5 Å². The van der Waals surface area contributed by atoms with E-state index in [-0.39, 0.29) is 11.9 Å². The summed E-state index contributed by atoms with van der Waals surface area (Å²) in [6.07, 6.45) is 8.47. The number of carbonyl (C=O) groups excluding carboxylic acids is 1. The molecule has 2 aromatic carbocycles. The predicted molar refractivity (Wildman–Crippen MR) is 131 cm³/mol. The molecular weight excluding hydrogens is 408 g/mol. The van der Waals surface area contributed by atoms with E-state index in [9.17, 15) is 4.79 Å². The summed E-state index contributed by atoms with van der Waals surface area (Å²) in [5.41, 5.74) is 5.06. The Hall–Kier alpha value is -3.23. The Balaban J connectivity index is 1.09. The van der Waals surface area contributed by atoms with Crippen LogP contribution in [-0.4, -0.2) is 34.9 Å². The van der Waals surface area contributed by atoms with Crippen LogP contribution >= 0.6 is 0 Å². The number of nitrogens with one attached hydrogen (secondary N) is 1. The summed E-state index contributed by atoms with van der Waals surface area (Å²) in [7, 11) is 0. The Kier molecular flexibility index (Phi) is 6.37. The number of hydrogen-bond donors (Lipinski definition) is 1. The van der Waals surface area contributed by atoms with Gasteiger partial charge in [-0.05, 0) is 68.7 Å². The lowest BCUT2D eigenvalue weighted by molar-refractivity contribution is 0.0921. The number of benzene rings is 2. The van der Waals surface area contributed by atoms with Crippen molar-refractivity contribution in [3.63, 3.8) is 0 Å². The van der Waals surface area contributed by atoms with Crippen molar-refractivity contribution < 1.29 is 4.79 Å². The lowest BCUT2D eigenvalue weighted by Gasteiger charge is -2.33. The fourth-order valence-electron chi connectivity index (χ4n) is 5.38. The first-order valence-corrected chi connectivity index (χ1v) is 12.1. The van der Waals surface area contributed by atoms with Crippen LogP contribution in [0.1, 0.15) is 53.6 Å². The fourth-order valence-corrected chi connectivity index (χ4v) is 5.38. The Labute approximate surface area is 195 Å². The van der Waals surface area contributed by atoms with Crippen molar-refractivity contribution in [3.05, 3.63) is 82.8 Å². The molecule has 1 aromatic heterocycles. The molecule has 0 unspecified atom stereocenters. The van der Waals surface area contributed by atoms with Crippen LogP contribution in [0.25, 0.3) is 15.7 Å². The van der Waals surface area contributed by atoms with Crippen molar-refractivity contribution in [1.29, 1.82) is 0 Å². The van der Waals surface area contributed by atoms with Gasteiger partial charge in [-0.1, -0.05) is 42.0 Å². The van der Waals surface area contributed by atoms with Gasteiger partial charge in [0.05, 0.1) is 17.7 Å². The van der Waals surface area contributed by atoms with E-state index in [0.29, 0.717) is 0 Å². The van der Waals surface area contributed by atoms with E-state index in [2.05, 4.69) is 32.2 Å². The Morgan fingerprint density at radius 3 is 2.79 bits per heavy atom. The number of carbonyl (C=O) groups is 1. The first-order chi connectivity index (χ1) is 16.2. The largest absolute Gasteiger partial charge is 0.349 e. The Morgan fingerprint density at radius 1 is 1.09 bits per heavy atom. The van der Waals surface area contributed by atoms with Crippen molar-refractivity contribution in [3.8, 4) is 0 Å². The monoisotopic (exact) mass is 438 g/mol. The maximum absolute atomic E-state index is 12.9. The summed E-state index contributed by atoms with van der Waals surface area (Å²) >= 11 is 0. The lowest BCUT2D eigenvalue weighted by Crippen LogP contribution is -2.38. The van der Waals surface area contributed by atoms with Crippen LogP contribution < -0.4 is 5.32 Å². The van der Waals surface area contributed by atoms with Crippen molar-refractivity contribution in [2.24, 2.45) is 5.92 Å². The van der Waals surface area contributed by atoms with Gasteiger partial charge in [0.15, 0.2) is 5.69 Å². The van der Waals surface area contributed by atoms with Gasteiger partial charge in [0.1, 0.15) is 0 Å². The molecule has 1 amide bonds. The highest BCUT2D eigenvalue weighted by atomic mass is 16.1. The first-order valence-electron chi connectivity index (χ1n) is 12.1. The van der Waals surface area contributed by atoms with E-state index in [0.717, 1.165) is 67.0 Å². The Morgan fingerprint density at radius 2 is 1.94 bits per heavy atom. The number of amides is 1. The third kappa shape index (κ3) is 4.91. The number of fused-ring (bicyclic) bond motifs is 2. The minimum atomic E-state index is 0.0189. The minimum absolute atomic E-state index is 0.0189.